The van der Waals surface area contributed by atoms with E-state index in [0.717, 1.165) is 11.3 Å². The van der Waals surface area contributed by atoms with Crippen LogP contribution in [0.1, 0.15) is 5.69 Å². The molecule has 2 aromatic carbocycles. The van der Waals surface area contributed by atoms with Gasteiger partial charge in [-0.1, -0.05) is 29.8 Å². The molecule has 124 valence electrons. The van der Waals surface area contributed by atoms with E-state index in [2.05, 4.69) is 20.4 Å². The molecular formula is C18H14ClN5O. The van der Waals surface area contributed by atoms with Crippen LogP contribution in [0, 0.1) is 0 Å². The number of aromatic nitrogens is 4. The molecule has 0 radical (unpaired) electrons. The van der Waals surface area contributed by atoms with E-state index in [1.807, 2.05) is 42.5 Å². The van der Waals surface area contributed by atoms with Crippen LogP contribution in [0.2, 0.25) is 5.02 Å². The van der Waals surface area contributed by atoms with Gasteiger partial charge >= 0.3 is 0 Å². The molecule has 25 heavy (non-hydrogen) atoms. The van der Waals surface area contributed by atoms with Crippen LogP contribution in [0.15, 0.2) is 65.5 Å². The van der Waals surface area contributed by atoms with Gasteiger partial charge < -0.3 is 5.32 Å². The zero-order valence-corrected chi connectivity index (χ0v) is 13.9. The summed E-state index contributed by atoms with van der Waals surface area (Å²) in [6.07, 6.45) is 0. The van der Waals surface area contributed by atoms with Gasteiger partial charge in [-0.05, 0) is 36.4 Å². The van der Waals surface area contributed by atoms with Crippen LogP contribution < -0.4 is 10.9 Å². The fourth-order valence-electron chi connectivity index (χ4n) is 2.50. The quantitative estimate of drug-likeness (QED) is 0.591. The van der Waals surface area contributed by atoms with Crippen LogP contribution in [0.5, 0.6) is 0 Å². The van der Waals surface area contributed by atoms with Gasteiger partial charge in [0.1, 0.15) is 0 Å². The summed E-state index contributed by atoms with van der Waals surface area (Å²) in [5.74, 6) is 0.900. The molecule has 0 unspecified atom stereocenters. The predicted molar refractivity (Wildman–Crippen MR) is 97.8 cm³/mol. The second kappa shape index (κ2) is 6.41. The van der Waals surface area contributed by atoms with E-state index in [1.165, 1.54) is 10.6 Å². The number of hydrogen-bond acceptors (Lipinski definition) is 4. The summed E-state index contributed by atoms with van der Waals surface area (Å²) >= 11 is 5.90. The van der Waals surface area contributed by atoms with Gasteiger partial charge in [-0.15, -0.1) is 0 Å². The minimum atomic E-state index is -0.206. The van der Waals surface area contributed by atoms with Crippen molar-refractivity contribution in [1.29, 1.82) is 0 Å². The van der Waals surface area contributed by atoms with Gasteiger partial charge in [0.2, 0.25) is 0 Å². The summed E-state index contributed by atoms with van der Waals surface area (Å²) < 4.78 is 1.33. The van der Waals surface area contributed by atoms with Crippen LogP contribution in [0.4, 0.5) is 5.69 Å². The molecule has 0 saturated carbocycles. The highest BCUT2D eigenvalue weighted by Gasteiger charge is 2.09. The molecule has 4 aromatic rings. The van der Waals surface area contributed by atoms with E-state index < -0.39 is 0 Å². The zero-order valence-electron chi connectivity index (χ0n) is 13.1. The average molecular weight is 352 g/mol. The largest absolute Gasteiger partial charge is 0.379 e. The maximum atomic E-state index is 12.3. The molecule has 0 aliphatic heterocycles. The summed E-state index contributed by atoms with van der Waals surface area (Å²) in [5, 5.41) is 6.84. The fraction of sp³-hybridized carbons (Fsp3) is 0.0556. The summed E-state index contributed by atoms with van der Waals surface area (Å²) in [6, 6.07) is 18.5. The van der Waals surface area contributed by atoms with E-state index >= 15 is 0 Å². The second-order valence-corrected chi connectivity index (χ2v) is 5.96. The number of halogens is 1. The first-order valence-corrected chi connectivity index (χ1v) is 8.10. The number of anilines is 1. The monoisotopic (exact) mass is 351 g/mol. The Morgan fingerprint density at radius 3 is 2.56 bits per heavy atom. The number of nitrogens with zero attached hydrogens (tertiary/aromatic N) is 3. The topological polar surface area (TPSA) is 75.1 Å². The van der Waals surface area contributed by atoms with Crippen LogP contribution >= 0.6 is 11.6 Å². The van der Waals surface area contributed by atoms with Crippen molar-refractivity contribution < 1.29 is 0 Å². The van der Waals surface area contributed by atoms with Crippen LogP contribution in [0.3, 0.4) is 0 Å². The molecule has 4 rings (SSSR count). The highest BCUT2D eigenvalue weighted by molar-refractivity contribution is 6.30. The third-order valence-electron chi connectivity index (χ3n) is 3.75. The van der Waals surface area contributed by atoms with E-state index in [-0.39, 0.29) is 5.56 Å². The van der Waals surface area contributed by atoms with Gasteiger partial charge in [-0.3, -0.25) is 9.89 Å². The standard InChI is InChI=1S/C18H14ClN5O/c19-13-8-6-12(7-9-13)17-22-18-21-15(10-16(25)24(18)23-17)11-20-14-4-2-1-3-5-14/h1-10,20H,11H2,(H,21,22,23). The number of benzene rings is 2. The minimum absolute atomic E-state index is 0.206. The van der Waals surface area contributed by atoms with E-state index in [9.17, 15) is 4.79 Å². The molecular weight excluding hydrogens is 338 g/mol. The number of aromatic amines is 1. The first kappa shape index (κ1) is 15.4. The predicted octanol–water partition coefficient (Wildman–Crippen LogP) is 3.35. The lowest BCUT2D eigenvalue weighted by Gasteiger charge is -2.05. The molecule has 7 heteroatoms. The summed E-state index contributed by atoms with van der Waals surface area (Å²) in [6.45, 7) is 0.443. The average Bonchev–Trinajstić information content (AvgIpc) is 3.06. The normalized spacial score (nSPS) is 10.9. The van der Waals surface area contributed by atoms with Crippen molar-refractivity contribution in [2.24, 2.45) is 0 Å². The Kier molecular flexibility index (Phi) is 3.95. The van der Waals surface area contributed by atoms with Gasteiger partial charge in [0.15, 0.2) is 5.82 Å². The SMILES string of the molecule is O=c1cc(CNc2ccccc2)nc2nc(-c3ccc(Cl)cc3)[nH]n12. The first-order valence-electron chi connectivity index (χ1n) is 7.72. The van der Waals surface area contributed by atoms with Crippen LogP contribution in [-0.4, -0.2) is 19.6 Å². The van der Waals surface area contributed by atoms with Crippen molar-refractivity contribution in [3.05, 3.63) is 81.7 Å². The van der Waals surface area contributed by atoms with E-state index in [0.29, 0.717) is 28.9 Å². The number of rotatable bonds is 4. The Hall–Kier alpha value is -3.12. The third-order valence-corrected chi connectivity index (χ3v) is 4.00. The fourth-order valence-corrected chi connectivity index (χ4v) is 2.63. The number of H-pyrrole nitrogens is 1. The second-order valence-electron chi connectivity index (χ2n) is 5.52. The number of fused-ring (bicyclic) bond motifs is 1. The molecule has 0 fully saturated rings. The van der Waals surface area contributed by atoms with Crippen molar-refractivity contribution in [2.45, 2.75) is 6.54 Å². The zero-order chi connectivity index (χ0) is 17.2. The lowest BCUT2D eigenvalue weighted by Crippen LogP contribution is -2.17. The molecule has 0 amide bonds. The molecule has 0 atom stereocenters. The van der Waals surface area contributed by atoms with Crippen LogP contribution in [0.25, 0.3) is 17.2 Å². The molecule has 0 aliphatic rings. The molecule has 0 aliphatic carbocycles. The maximum absolute atomic E-state index is 12.3. The summed E-state index contributed by atoms with van der Waals surface area (Å²) in [7, 11) is 0. The molecule has 6 nitrogen and oxygen atoms in total. The lowest BCUT2D eigenvalue weighted by atomic mass is 10.2. The van der Waals surface area contributed by atoms with Crippen molar-refractivity contribution in [3.63, 3.8) is 0 Å². The smallest absolute Gasteiger partial charge is 0.274 e. The summed E-state index contributed by atoms with van der Waals surface area (Å²) in [5.41, 5.74) is 2.22. The Balaban J connectivity index is 1.65. The highest BCUT2D eigenvalue weighted by atomic mass is 35.5. The molecule has 0 saturated heterocycles. The van der Waals surface area contributed by atoms with Gasteiger partial charge in [0, 0.05) is 22.3 Å². The van der Waals surface area contributed by atoms with E-state index in [4.69, 9.17) is 11.6 Å². The molecule has 2 N–H and O–H groups in total. The molecule has 2 aromatic heterocycles. The Morgan fingerprint density at radius 1 is 1.04 bits per heavy atom. The van der Waals surface area contributed by atoms with Crippen molar-refractivity contribution in [2.75, 3.05) is 5.32 Å². The maximum Gasteiger partial charge on any atom is 0.274 e. The van der Waals surface area contributed by atoms with Gasteiger partial charge in [-0.25, -0.2) is 4.98 Å². The first-order chi connectivity index (χ1) is 12.2. The van der Waals surface area contributed by atoms with Crippen molar-refractivity contribution in [1.82, 2.24) is 19.6 Å². The van der Waals surface area contributed by atoms with Crippen LogP contribution in [-0.2, 0) is 6.54 Å². The third kappa shape index (κ3) is 3.25. The molecule has 2 heterocycles. The number of hydrogen-bond donors (Lipinski definition) is 2. The lowest BCUT2D eigenvalue weighted by molar-refractivity contribution is 0.879. The highest BCUT2D eigenvalue weighted by Crippen LogP contribution is 2.18. The summed E-state index contributed by atoms with van der Waals surface area (Å²) in [4.78, 5) is 21.2. The van der Waals surface area contributed by atoms with Gasteiger partial charge in [-0.2, -0.15) is 9.50 Å². The molecule has 0 bridgehead atoms. The van der Waals surface area contributed by atoms with Crippen molar-refractivity contribution >= 4 is 23.1 Å². The number of nitrogens with one attached hydrogen (secondary N) is 2. The minimum Gasteiger partial charge on any atom is -0.379 e. The van der Waals surface area contributed by atoms with Crippen molar-refractivity contribution in [3.8, 4) is 11.4 Å². The Bertz CT molecular complexity index is 1070. The molecule has 0 spiro atoms. The van der Waals surface area contributed by atoms with Gasteiger partial charge in [0.25, 0.3) is 11.3 Å². The number of para-hydroxylation sites is 1. The Morgan fingerprint density at radius 2 is 1.80 bits per heavy atom. The van der Waals surface area contributed by atoms with E-state index in [1.54, 1.807) is 12.1 Å². The Labute approximate surface area is 148 Å². The van der Waals surface area contributed by atoms with Gasteiger partial charge in [0.05, 0.1) is 12.2 Å².